The van der Waals surface area contributed by atoms with Gasteiger partial charge in [-0.05, 0) is 49.6 Å². The Hall–Kier alpha value is -2.62. The second-order valence-electron chi connectivity index (χ2n) is 5.45. The van der Waals surface area contributed by atoms with Crippen LogP contribution in [0.4, 0.5) is 0 Å². The normalized spacial score (nSPS) is 10.3. The minimum absolute atomic E-state index is 0.180. The zero-order valence-electron chi connectivity index (χ0n) is 14.3. The SMILES string of the molecule is CCOC(=O)c1cc(OCc2cccc(CC)c2)ccc1C(C)=O. The lowest BCUT2D eigenvalue weighted by Gasteiger charge is -2.11. The fraction of sp³-hybridized carbons (Fsp3) is 0.300. The van der Waals surface area contributed by atoms with Crippen LogP contribution < -0.4 is 4.74 Å². The number of ketones is 1. The molecule has 0 aromatic heterocycles. The van der Waals surface area contributed by atoms with Crippen molar-refractivity contribution in [3.05, 3.63) is 64.7 Å². The third-order valence-corrected chi connectivity index (χ3v) is 3.67. The second-order valence-corrected chi connectivity index (χ2v) is 5.45. The first-order valence-electron chi connectivity index (χ1n) is 8.07. The molecule has 0 saturated heterocycles. The maximum atomic E-state index is 12.0. The predicted molar refractivity (Wildman–Crippen MR) is 92.6 cm³/mol. The van der Waals surface area contributed by atoms with Crippen molar-refractivity contribution in [3.8, 4) is 5.75 Å². The first-order valence-corrected chi connectivity index (χ1v) is 8.07. The minimum atomic E-state index is -0.513. The van der Waals surface area contributed by atoms with Gasteiger partial charge in [0, 0.05) is 5.56 Å². The van der Waals surface area contributed by atoms with Crippen LogP contribution >= 0.6 is 0 Å². The molecule has 4 nitrogen and oxygen atoms in total. The van der Waals surface area contributed by atoms with E-state index in [1.165, 1.54) is 12.5 Å². The molecular weight excluding hydrogens is 304 g/mol. The number of esters is 1. The van der Waals surface area contributed by atoms with Gasteiger partial charge in [0.05, 0.1) is 12.2 Å². The predicted octanol–water partition coefficient (Wildman–Crippen LogP) is 4.21. The van der Waals surface area contributed by atoms with Crippen molar-refractivity contribution in [2.75, 3.05) is 6.61 Å². The lowest BCUT2D eigenvalue weighted by atomic mass is 10.0. The molecule has 0 spiro atoms. The van der Waals surface area contributed by atoms with Crippen LogP contribution in [-0.4, -0.2) is 18.4 Å². The summed E-state index contributed by atoms with van der Waals surface area (Å²) in [4.78, 5) is 23.7. The summed E-state index contributed by atoms with van der Waals surface area (Å²) in [6.45, 7) is 5.91. The average Bonchev–Trinajstić information content (AvgIpc) is 2.60. The van der Waals surface area contributed by atoms with Crippen molar-refractivity contribution in [3.63, 3.8) is 0 Å². The van der Waals surface area contributed by atoms with Crippen LogP contribution in [0.25, 0.3) is 0 Å². The van der Waals surface area contributed by atoms with E-state index in [1.807, 2.05) is 12.1 Å². The van der Waals surface area contributed by atoms with Crippen molar-refractivity contribution in [1.29, 1.82) is 0 Å². The lowest BCUT2D eigenvalue weighted by molar-refractivity contribution is 0.0522. The first kappa shape index (κ1) is 17.7. The van der Waals surface area contributed by atoms with Crippen LogP contribution in [0.5, 0.6) is 5.75 Å². The number of ether oxygens (including phenoxy) is 2. The molecule has 126 valence electrons. The van der Waals surface area contributed by atoms with Gasteiger partial charge < -0.3 is 9.47 Å². The van der Waals surface area contributed by atoms with Crippen molar-refractivity contribution in [2.45, 2.75) is 33.8 Å². The Kier molecular flexibility index (Phi) is 6.13. The van der Waals surface area contributed by atoms with Crippen LogP contribution in [0, 0.1) is 0 Å². The van der Waals surface area contributed by atoms with Crippen molar-refractivity contribution in [1.82, 2.24) is 0 Å². The van der Waals surface area contributed by atoms with Crippen molar-refractivity contribution >= 4 is 11.8 Å². The highest BCUT2D eigenvalue weighted by atomic mass is 16.5. The molecule has 0 unspecified atom stereocenters. The molecule has 4 heteroatoms. The molecule has 2 aromatic carbocycles. The summed E-state index contributed by atoms with van der Waals surface area (Å²) in [6, 6.07) is 13.0. The van der Waals surface area contributed by atoms with Crippen LogP contribution in [0.2, 0.25) is 0 Å². The van der Waals surface area contributed by atoms with Gasteiger partial charge in [0.25, 0.3) is 0 Å². The molecule has 0 radical (unpaired) electrons. The van der Waals surface area contributed by atoms with Gasteiger partial charge in [0.1, 0.15) is 12.4 Å². The fourth-order valence-electron chi connectivity index (χ4n) is 2.40. The Morgan fingerprint density at radius 3 is 2.38 bits per heavy atom. The molecule has 2 rings (SSSR count). The molecule has 0 aliphatic heterocycles. The van der Waals surface area contributed by atoms with Gasteiger partial charge in [-0.2, -0.15) is 0 Å². The molecule has 0 fully saturated rings. The minimum Gasteiger partial charge on any atom is -0.489 e. The van der Waals surface area contributed by atoms with Gasteiger partial charge in [-0.25, -0.2) is 4.79 Å². The maximum Gasteiger partial charge on any atom is 0.338 e. The fourth-order valence-corrected chi connectivity index (χ4v) is 2.40. The summed E-state index contributed by atoms with van der Waals surface area (Å²) in [6.07, 6.45) is 0.966. The van der Waals surface area contributed by atoms with Gasteiger partial charge in [-0.15, -0.1) is 0 Å². The highest BCUT2D eigenvalue weighted by Crippen LogP contribution is 2.21. The molecule has 0 aliphatic carbocycles. The van der Waals surface area contributed by atoms with E-state index < -0.39 is 5.97 Å². The molecule has 2 aromatic rings. The van der Waals surface area contributed by atoms with Crippen molar-refractivity contribution in [2.24, 2.45) is 0 Å². The highest BCUT2D eigenvalue weighted by Gasteiger charge is 2.16. The van der Waals surface area contributed by atoms with Crippen LogP contribution in [-0.2, 0) is 17.8 Å². The number of hydrogen-bond acceptors (Lipinski definition) is 4. The largest absolute Gasteiger partial charge is 0.489 e. The topological polar surface area (TPSA) is 52.6 Å². The van der Waals surface area contributed by atoms with E-state index >= 15 is 0 Å². The zero-order chi connectivity index (χ0) is 17.5. The summed E-state index contributed by atoms with van der Waals surface area (Å²) >= 11 is 0. The van der Waals surface area contributed by atoms with E-state index in [9.17, 15) is 9.59 Å². The molecule has 0 saturated carbocycles. The van der Waals surface area contributed by atoms with Gasteiger partial charge in [0.15, 0.2) is 5.78 Å². The number of carbonyl (C=O) groups is 2. The van der Waals surface area contributed by atoms with E-state index in [4.69, 9.17) is 9.47 Å². The molecule has 0 amide bonds. The van der Waals surface area contributed by atoms with E-state index in [0.717, 1.165) is 12.0 Å². The summed E-state index contributed by atoms with van der Waals surface area (Å²) in [7, 11) is 0. The Labute approximate surface area is 142 Å². The quantitative estimate of drug-likeness (QED) is 0.565. The van der Waals surface area contributed by atoms with E-state index in [2.05, 4.69) is 19.1 Å². The Morgan fingerprint density at radius 2 is 1.71 bits per heavy atom. The third kappa shape index (κ3) is 4.44. The molecule has 0 heterocycles. The number of benzene rings is 2. The van der Waals surface area contributed by atoms with Crippen molar-refractivity contribution < 1.29 is 19.1 Å². The second kappa shape index (κ2) is 8.29. The molecule has 0 bridgehead atoms. The monoisotopic (exact) mass is 326 g/mol. The van der Waals surface area contributed by atoms with Gasteiger partial charge in [0.2, 0.25) is 0 Å². The van der Waals surface area contributed by atoms with E-state index in [1.54, 1.807) is 25.1 Å². The lowest BCUT2D eigenvalue weighted by Crippen LogP contribution is -2.11. The Bertz CT molecular complexity index is 734. The summed E-state index contributed by atoms with van der Waals surface area (Å²) in [5, 5.41) is 0. The smallest absolute Gasteiger partial charge is 0.338 e. The first-order chi connectivity index (χ1) is 11.5. The van der Waals surface area contributed by atoms with Gasteiger partial charge in [-0.3, -0.25) is 4.79 Å². The number of hydrogen-bond donors (Lipinski definition) is 0. The highest BCUT2D eigenvalue weighted by molar-refractivity contribution is 6.05. The van der Waals surface area contributed by atoms with Gasteiger partial charge >= 0.3 is 5.97 Å². The number of aryl methyl sites for hydroxylation is 1. The van der Waals surface area contributed by atoms with Crippen LogP contribution in [0.15, 0.2) is 42.5 Å². The average molecular weight is 326 g/mol. The third-order valence-electron chi connectivity index (χ3n) is 3.67. The number of Topliss-reactive ketones (excluding diaryl/α,β-unsaturated/α-hetero) is 1. The van der Waals surface area contributed by atoms with Crippen LogP contribution in [0.3, 0.4) is 0 Å². The summed E-state index contributed by atoms with van der Waals surface area (Å²) < 4.78 is 10.8. The molecular formula is C20H22O4. The standard InChI is InChI=1S/C20H22O4/c1-4-15-7-6-8-16(11-15)13-24-17-9-10-18(14(3)21)19(12-17)20(22)23-5-2/h6-12H,4-5,13H2,1-3H3. The van der Waals surface area contributed by atoms with E-state index in [-0.39, 0.29) is 18.0 Å². The zero-order valence-corrected chi connectivity index (χ0v) is 14.3. The summed E-state index contributed by atoms with van der Waals surface area (Å²) in [5.41, 5.74) is 2.89. The molecule has 0 atom stereocenters. The number of rotatable bonds is 7. The van der Waals surface area contributed by atoms with E-state index in [0.29, 0.717) is 17.9 Å². The summed E-state index contributed by atoms with van der Waals surface area (Å²) in [5.74, 6) is -0.161. The Morgan fingerprint density at radius 1 is 0.958 bits per heavy atom. The molecule has 0 N–H and O–H groups in total. The maximum absolute atomic E-state index is 12.0. The molecule has 24 heavy (non-hydrogen) atoms. The van der Waals surface area contributed by atoms with Crippen LogP contribution in [0.1, 0.15) is 52.6 Å². The molecule has 0 aliphatic rings. The van der Waals surface area contributed by atoms with Gasteiger partial charge in [-0.1, -0.05) is 31.2 Å². The number of carbonyl (C=O) groups excluding carboxylic acids is 2. The Balaban J connectivity index is 2.19.